The number of benzene rings is 1. The Hall–Kier alpha value is -2.18. The lowest BCUT2D eigenvalue weighted by Crippen LogP contribution is -2.50. The molecule has 1 aromatic carbocycles. The number of likely N-dealkylation sites (N-methyl/N-ethyl adjacent to an activating group) is 1. The molecule has 0 aliphatic heterocycles. The number of nitrogens with zero attached hydrogens (tertiary/aromatic N) is 1. The highest BCUT2D eigenvalue weighted by molar-refractivity contribution is 5.90. The van der Waals surface area contributed by atoms with Crippen LogP contribution in [-0.2, 0) is 9.59 Å². The molecule has 0 saturated heterocycles. The van der Waals surface area contributed by atoms with Crippen LogP contribution in [0.5, 0.6) is 0 Å². The third-order valence-electron chi connectivity index (χ3n) is 4.34. The van der Waals surface area contributed by atoms with Gasteiger partial charge in [0, 0.05) is 13.6 Å². The zero-order valence-electron chi connectivity index (χ0n) is 15.3. The quantitative estimate of drug-likeness (QED) is 0.620. The summed E-state index contributed by atoms with van der Waals surface area (Å²) < 4.78 is 0. The van der Waals surface area contributed by atoms with Gasteiger partial charge in [-0.05, 0) is 32.8 Å². The predicted octanol–water partition coefficient (Wildman–Crippen LogP) is 1.40. The Kier molecular flexibility index (Phi) is 8.31. The van der Waals surface area contributed by atoms with Crippen LogP contribution in [0.2, 0.25) is 0 Å². The highest BCUT2D eigenvalue weighted by atomic mass is 16.3. The molecule has 0 aliphatic rings. The molecule has 138 valence electrons. The molecule has 0 saturated carbocycles. The number of carbonyl (C=O) groups excluding carboxylic acids is 2. The van der Waals surface area contributed by atoms with E-state index < -0.39 is 24.0 Å². The summed E-state index contributed by atoms with van der Waals surface area (Å²) >= 11 is 0. The molecular weight excluding hydrogens is 320 g/mol. The molecule has 0 aromatic heterocycles. The van der Waals surface area contributed by atoms with Gasteiger partial charge in [0.05, 0.1) is 6.04 Å². The Morgan fingerprint density at radius 2 is 1.80 bits per heavy atom. The van der Waals surface area contributed by atoms with Crippen LogP contribution in [0.3, 0.4) is 0 Å². The van der Waals surface area contributed by atoms with Gasteiger partial charge in [0.2, 0.25) is 0 Å². The number of allylic oxidation sites excluding steroid dienone is 1. The third-order valence-corrected chi connectivity index (χ3v) is 4.34. The first kappa shape index (κ1) is 20.9. The minimum Gasteiger partial charge on any atom is -0.380 e. The first-order valence-corrected chi connectivity index (χ1v) is 8.36. The summed E-state index contributed by atoms with van der Waals surface area (Å²) in [5, 5.41) is 22.5. The Labute approximate surface area is 149 Å². The summed E-state index contributed by atoms with van der Waals surface area (Å²) in [6, 6.07) is 9.03. The SMILES string of the molecule is CC=C(C)CCNC(=O)[C@H](O)[C@@H](O)C(=O)N(C)[C@H](C)c1ccccc1. The predicted molar refractivity (Wildman–Crippen MR) is 96.7 cm³/mol. The maximum atomic E-state index is 12.4. The minimum atomic E-state index is -1.81. The van der Waals surface area contributed by atoms with E-state index in [0.717, 1.165) is 11.1 Å². The fraction of sp³-hybridized carbons (Fsp3) is 0.474. The summed E-state index contributed by atoms with van der Waals surface area (Å²) in [5.41, 5.74) is 1.99. The highest BCUT2D eigenvalue weighted by Crippen LogP contribution is 2.19. The van der Waals surface area contributed by atoms with Gasteiger partial charge >= 0.3 is 0 Å². The molecule has 0 radical (unpaired) electrons. The van der Waals surface area contributed by atoms with Crippen LogP contribution in [0.4, 0.5) is 0 Å². The van der Waals surface area contributed by atoms with E-state index in [1.165, 1.54) is 11.9 Å². The summed E-state index contributed by atoms with van der Waals surface area (Å²) in [6.45, 7) is 5.98. The molecule has 1 aromatic rings. The zero-order valence-corrected chi connectivity index (χ0v) is 15.3. The first-order chi connectivity index (χ1) is 11.8. The van der Waals surface area contributed by atoms with Crippen LogP contribution in [0.15, 0.2) is 42.0 Å². The van der Waals surface area contributed by atoms with Gasteiger partial charge in [0.1, 0.15) is 0 Å². The molecule has 6 nitrogen and oxygen atoms in total. The van der Waals surface area contributed by atoms with Crippen molar-refractivity contribution in [3.63, 3.8) is 0 Å². The lowest BCUT2D eigenvalue weighted by atomic mass is 10.1. The van der Waals surface area contributed by atoms with Gasteiger partial charge in [0.25, 0.3) is 11.8 Å². The second-order valence-corrected chi connectivity index (χ2v) is 6.10. The molecular formula is C19H28N2O4. The van der Waals surface area contributed by atoms with Crippen molar-refractivity contribution >= 4 is 11.8 Å². The average molecular weight is 348 g/mol. The number of carbonyl (C=O) groups is 2. The Morgan fingerprint density at radius 3 is 2.36 bits per heavy atom. The fourth-order valence-corrected chi connectivity index (χ4v) is 2.26. The van der Waals surface area contributed by atoms with Crippen molar-refractivity contribution < 1.29 is 19.8 Å². The number of aliphatic hydroxyl groups excluding tert-OH is 2. The second-order valence-electron chi connectivity index (χ2n) is 6.10. The monoisotopic (exact) mass is 348 g/mol. The fourth-order valence-electron chi connectivity index (χ4n) is 2.26. The highest BCUT2D eigenvalue weighted by Gasteiger charge is 2.33. The maximum Gasteiger partial charge on any atom is 0.254 e. The van der Waals surface area contributed by atoms with E-state index in [-0.39, 0.29) is 6.04 Å². The van der Waals surface area contributed by atoms with E-state index in [0.29, 0.717) is 13.0 Å². The van der Waals surface area contributed by atoms with E-state index in [4.69, 9.17) is 0 Å². The minimum absolute atomic E-state index is 0.295. The number of amides is 2. The molecule has 2 amide bonds. The van der Waals surface area contributed by atoms with Crippen LogP contribution < -0.4 is 5.32 Å². The van der Waals surface area contributed by atoms with Crippen molar-refractivity contribution in [1.82, 2.24) is 10.2 Å². The van der Waals surface area contributed by atoms with Crippen molar-refractivity contribution in [1.29, 1.82) is 0 Å². The van der Waals surface area contributed by atoms with Crippen LogP contribution in [0.1, 0.15) is 38.8 Å². The summed E-state index contributed by atoms with van der Waals surface area (Å²) in [4.78, 5) is 25.6. The number of aliphatic hydroxyl groups is 2. The van der Waals surface area contributed by atoms with Gasteiger partial charge in [-0.2, -0.15) is 0 Å². The van der Waals surface area contributed by atoms with Gasteiger partial charge in [-0.15, -0.1) is 0 Å². The molecule has 0 heterocycles. The molecule has 0 bridgehead atoms. The van der Waals surface area contributed by atoms with Gasteiger partial charge in [-0.3, -0.25) is 9.59 Å². The van der Waals surface area contributed by atoms with Gasteiger partial charge in [-0.1, -0.05) is 42.0 Å². The Balaban J connectivity index is 2.62. The molecule has 0 aliphatic carbocycles. The number of hydrogen-bond acceptors (Lipinski definition) is 4. The molecule has 0 fully saturated rings. The largest absolute Gasteiger partial charge is 0.380 e. The second kappa shape index (κ2) is 9.96. The van der Waals surface area contributed by atoms with Crippen molar-refractivity contribution in [2.24, 2.45) is 0 Å². The van der Waals surface area contributed by atoms with Gasteiger partial charge in [-0.25, -0.2) is 0 Å². The normalized spacial score (nSPS) is 15.2. The van der Waals surface area contributed by atoms with E-state index in [1.54, 1.807) is 0 Å². The maximum absolute atomic E-state index is 12.4. The van der Waals surface area contributed by atoms with Crippen LogP contribution in [0, 0.1) is 0 Å². The molecule has 25 heavy (non-hydrogen) atoms. The van der Waals surface area contributed by atoms with E-state index in [2.05, 4.69) is 5.32 Å². The molecule has 3 atom stereocenters. The Bertz CT molecular complexity index is 601. The van der Waals surface area contributed by atoms with Gasteiger partial charge in [0.15, 0.2) is 12.2 Å². The lowest BCUT2D eigenvalue weighted by Gasteiger charge is -2.28. The topological polar surface area (TPSA) is 89.9 Å². The number of hydrogen-bond donors (Lipinski definition) is 3. The van der Waals surface area contributed by atoms with Gasteiger partial charge < -0.3 is 20.4 Å². The Morgan fingerprint density at radius 1 is 1.20 bits per heavy atom. The molecule has 0 unspecified atom stereocenters. The lowest BCUT2D eigenvalue weighted by molar-refractivity contribution is -0.153. The summed E-state index contributed by atoms with van der Waals surface area (Å²) in [7, 11) is 1.53. The first-order valence-electron chi connectivity index (χ1n) is 8.36. The van der Waals surface area contributed by atoms with Crippen molar-refractivity contribution in [3.8, 4) is 0 Å². The smallest absolute Gasteiger partial charge is 0.254 e. The van der Waals surface area contributed by atoms with Crippen molar-refractivity contribution in [2.75, 3.05) is 13.6 Å². The standard InChI is InChI=1S/C19H28N2O4/c1-5-13(2)11-12-20-18(24)16(22)17(23)19(25)21(4)14(3)15-9-7-6-8-10-15/h5-10,14,16-17,22-23H,11-12H2,1-4H3,(H,20,24)/t14-,16-,17-/m1/s1. The number of nitrogens with one attached hydrogen (secondary N) is 1. The molecule has 3 N–H and O–H groups in total. The third kappa shape index (κ3) is 5.99. The summed E-state index contributed by atoms with van der Waals surface area (Å²) in [5.74, 6) is -1.46. The molecule has 1 rings (SSSR count). The van der Waals surface area contributed by atoms with Crippen LogP contribution in [0.25, 0.3) is 0 Å². The zero-order chi connectivity index (χ0) is 19.0. The van der Waals surface area contributed by atoms with Crippen molar-refractivity contribution in [3.05, 3.63) is 47.5 Å². The van der Waals surface area contributed by atoms with E-state index >= 15 is 0 Å². The number of rotatable bonds is 8. The molecule has 6 heteroatoms. The molecule has 0 spiro atoms. The van der Waals surface area contributed by atoms with Crippen LogP contribution >= 0.6 is 0 Å². The van der Waals surface area contributed by atoms with E-state index in [9.17, 15) is 19.8 Å². The van der Waals surface area contributed by atoms with Crippen LogP contribution in [-0.4, -0.2) is 52.7 Å². The van der Waals surface area contributed by atoms with Crippen molar-refractivity contribution in [2.45, 2.75) is 45.4 Å². The summed E-state index contributed by atoms with van der Waals surface area (Å²) in [6.07, 6.45) is -1.03. The average Bonchev–Trinajstić information content (AvgIpc) is 2.65. The van der Waals surface area contributed by atoms with E-state index in [1.807, 2.05) is 57.2 Å².